The van der Waals surface area contributed by atoms with Gasteiger partial charge >= 0.3 is 0 Å². The maximum Gasteiger partial charge on any atom is 0.298 e. The minimum Gasteiger partial charge on any atom is -0.423 e. The molecule has 2 unspecified atom stereocenters. The van der Waals surface area contributed by atoms with Crippen molar-refractivity contribution in [2.75, 3.05) is 31.7 Å². The van der Waals surface area contributed by atoms with Crippen LogP contribution in [0.4, 0.5) is 6.01 Å². The molecule has 0 spiro atoms. The van der Waals surface area contributed by atoms with Crippen molar-refractivity contribution < 1.29 is 13.9 Å². The van der Waals surface area contributed by atoms with E-state index in [0.717, 1.165) is 25.8 Å². The molecule has 1 N–H and O–H groups in total. The van der Waals surface area contributed by atoms with Gasteiger partial charge in [0.15, 0.2) is 5.58 Å². The Morgan fingerprint density at radius 2 is 2.03 bits per heavy atom. The number of benzene rings is 1. The van der Waals surface area contributed by atoms with E-state index in [-0.39, 0.29) is 18.0 Å². The van der Waals surface area contributed by atoms with Crippen molar-refractivity contribution in [3.05, 3.63) is 23.8 Å². The highest BCUT2D eigenvalue weighted by atomic mass is 16.5. The number of morpholine rings is 1. The van der Waals surface area contributed by atoms with Crippen molar-refractivity contribution in [3.8, 4) is 0 Å². The number of hydrogen-bond donors (Lipinski definition) is 1. The van der Waals surface area contributed by atoms with Gasteiger partial charge in [-0.3, -0.25) is 4.79 Å². The maximum atomic E-state index is 13.3. The summed E-state index contributed by atoms with van der Waals surface area (Å²) in [4.78, 5) is 22.8. The van der Waals surface area contributed by atoms with E-state index in [1.165, 1.54) is 19.3 Å². The molecule has 4 heterocycles. The van der Waals surface area contributed by atoms with Crippen molar-refractivity contribution in [1.82, 2.24) is 15.2 Å². The lowest BCUT2D eigenvalue weighted by atomic mass is 9.82. The predicted molar refractivity (Wildman–Crippen MR) is 125 cm³/mol. The minimum absolute atomic E-state index is 0.0382. The minimum atomic E-state index is -0.0382. The smallest absolute Gasteiger partial charge is 0.298 e. The quantitative estimate of drug-likeness (QED) is 0.762. The van der Waals surface area contributed by atoms with Crippen molar-refractivity contribution in [2.24, 2.45) is 5.92 Å². The molecular formula is C25H36N4O3. The topological polar surface area (TPSA) is 70.8 Å². The van der Waals surface area contributed by atoms with Crippen LogP contribution in [0.1, 0.15) is 62.7 Å². The summed E-state index contributed by atoms with van der Waals surface area (Å²) in [6.45, 7) is 6.54. The van der Waals surface area contributed by atoms with E-state index < -0.39 is 0 Å². The third kappa shape index (κ3) is 4.25. The van der Waals surface area contributed by atoms with Gasteiger partial charge in [-0.25, -0.2) is 0 Å². The lowest BCUT2D eigenvalue weighted by Crippen LogP contribution is -2.55. The molecule has 3 saturated heterocycles. The van der Waals surface area contributed by atoms with Crippen molar-refractivity contribution in [2.45, 2.75) is 76.5 Å². The Labute approximate surface area is 190 Å². The molecule has 5 rings (SSSR count). The highest BCUT2D eigenvalue weighted by Crippen LogP contribution is 2.33. The molecule has 7 heteroatoms. The third-order valence-electron chi connectivity index (χ3n) is 7.54. The van der Waals surface area contributed by atoms with Gasteiger partial charge in [0.2, 0.25) is 0 Å². The number of rotatable bonds is 5. The van der Waals surface area contributed by atoms with Crippen LogP contribution in [0.5, 0.6) is 0 Å². The number of carbonyl (C=O) groups is 1. The Bertz CT molecular complexity index is 944. The number of amides is 1. The Kier molecular flexibility index (Phi) is 6.12. The van der Waals surface area contributed by atoms with Gasteiger partial charge in [-0.15, -0.1) is 0 Å². The van der Waals surface area contributed by atoms with Crippen molar-refractivity contribution in [3.63, 3.8) is 0 Å². The molecule has 2 bridgehead atoms. The Morgan fingerprint density at radius 1 is 1.25 bits per heavy atom. The first kappa shape index (κ1) is 21.7. The number of fused-ring (bicyclic) bond motifs is 3. The second-order valence-electron chi connectivity index (χ2n) is 10.2. The summed E-state index contributed by atoms with van der Waals surface area (Å²) >= 11 is 0. The molecule has 2 aromatic rings. The average molecular weight is 441 g/mol. The fourth-order valence-electron chi connectivity index (χ4n) is 5.89. The van der Waals surface area contributed by atoms with Gasteiger partial charge in [0.05, 0.1) is 24.8 Å². The second kappa shape index (κ2) is 9.02. The summed E-state index contributed by atoms with van der Waals surface area (Å²) in [6, 6.07) is 7.90. The molecule has 3 fully saturated rings. The van der Waals surface area contributed by atoms with E-state index in [9.17, 15) is 4.79 Å². The maximum absolute atomic E-state index is 13.3. The zero-order valence-electron chi connectivity index (χ0n) is 19.5. The second-order valence-corrected chi connectivity index (χ2v) is 10.2. The zero-order chi connectivity index (χ0) is 22.2. The average Bonchev–Trinajstić information content (AvgIpc) is 3.18. The number of anilines is 1. The fourth-order valence-corrected chi connectivity index (χ4v) is 5.89. The van der Waals surface area contributed by atoms with Gasteiger partial charge in [0.25, 0.3) is 11.9 Å². The van der Waals surface area contributed by atoms with E-state index in [1.54, 1.807) is 0 Å². The molecule has 32 heavy (non-hydrogen) atoms. The van der Waals surface area contributed by atoms with E-state index >= 15 is 0 Å². The molecule has 0 saturated carbocycles. The van der Waals surface area contributed by atoms with Crippen molar-refractivity contribution >= 4 is 23.0 Å². The number of nitrogens with zero attached hydrogens (tertiary/aromatic N) is 3. The molecule has 1 amide bonds. The molecule has 0 radical (unpaired) electrons. The van der Waals surface area contributed by atoms with Crippen LogP contribution in [-0.2, 0) is 4.74 Å². The van der Waals surface area contributed by atoms with Crippen LogP contribution in [-0.4, -0.2) is 66.8 Å². The molecule has 3 atom stereocenters. The number of nitrogens with one attached hydrogen (secondary N) is 1. The van der Waals surface area contributed by atoms with Crippen LogP contribution in [0.3, 0.4) is 0 Å². The summed E-state index contributed by atoms with van der Waals surface area (Å²) in [6.07, 6.45) is 6.86. The normalized spacial score (nSPS) is 28.9. The van der Waals surface area contributed by atoms with Gasteiger partial charge in [0, 0.05) is 24.7 Å². The van der Waals surface area contributed by atoms with Crippen LogP contribution >= 0.6 is 0 Å². The molecule has 1 aromatic carbocycles. The first-order chi connectivity index (χ1) is 15.5. The molecule has 174 valence electrons. The predicted octanol–water partition coefficient (Wildman–Crippen LogP) is 3.82. The Morgan fingerprint density at radius 3 is 2.78 bits per heavy atom. The van der Waals surface area contributed by atoms with E-state index in [0.29, 0.717) is 53.9 Å². The first-order valence-corrected chi connectivity index (χ1v) is 12.3. The summed E-state index contributed by atoms with van der Waals surface area (Å²) in [5.74, 6) is 0.521. The van der Waals surface area contributed by atoms with E-state index in [4.69, 9.17) is 14.1 Å². The SMILES string of the molecule is CC(C)C[C@H]1COCCN1c1nc2c(C(=O)NC3CC4CCCC(C3)N4C)cccc2o1. The summed E-state index contributed by atoms with van der Waals surface area (Å²) < 4.78 is 11.9. The van der Waals surface area contributed by atoms with Gasteiger partial charge in [-0.1, -0.05) is 26.3 Å². The lowest BCUT2D eigenvalue weighted by Gasteiger charge is -2.47. The fraction of sp³-hybridized carbons (Fsp3) is 0.680. The van der Waals surface area contributed by atoms with Crippen LogP contribution < -0.4 is 10.2 Å². The lowest BCUT2D eigenvalue weighted by molar-refractivity contribution is 0.0463. The highest BCUT2D eigenvalue weighted by molar-refractivity contribution is 6.04. The van der Waals surface area contributed by atoms with Crippen LogP contribution in [0.25, 0.3) is 11.1 Å². The van der Waals surface area contributed by atoms with Crippen LogP contribution in [0.2, 0.25) is 0 Å². The number of carbonyl (C=O) groups excluding carboxylic acids is 1. The summed E-state index contributed by atoms with van der Waals surface area (Å²) in [5.41, 5.74) is 1.93. The number of piperidine rings is 2. The van der Waals surface area contributed by atoms with Gasteiger partial charge < -0.3 is 24.3 Å². The van der Waals surface area contributed by atoms with E-state index in [1.807, 2.05) is 18.2 Å². The number of oxazole rings is 1. The Hall–Kier alpha value is -2.12. The van der Waals surface area contributed by atoms with E-state index in [2.05, 4.69) is 36.0 Å². The number of hydrogen-bond acceptors (Lipinski definition) is 6. The largest absolute Gasteiger partial charge is 0.423 e. The van der Waals surface area contributed by atoms with Gasteiger partial charge in [-0.05, 0) is 57.2 Å². The molecule has 7 nitrogen and oxygen atoms in total. The number of aromatic nitrogens is 1. The van der Waals surface area contributed by atoms with Crippen LogP contribution in [0.15, 0.2) is 22.6 Å². The summed E-state index contributed by atoms with van der Waals surface area (Å²) in [7, 11) is 2.24. The molecular weight excluding hydrogens is 404 g/mol. The van der Waals surface area contributed by atoms with Gasteiger partial charge in [0.1, 0.15) is 5.52 Å². The standard InChI is InChI=1S/C25H36N4O3/c1-16(2)12-20-15-31-11-10-29(20)25-27-23-21(8-5-9-22(23)32-25)24(30)26-17-13-18-6-4-7-19(14-17)28(18)3/h5,8-9,16-20H,4,6-7,10-15H2,1-3H3,(H,26,30)/t17?,18?,19?,20-/m0/s1. The molecule has 0 aliphatic carbocycles. The zero-order valence-corrected chi connectivity index (χ0v) is 19.5. The van der Waals surface area contributed by atoms with Gasteiger partial charge in [-0.2, -0.15) is 4.98 Å². The monoisotopic (exact) mass is 440 g/mol. The highest BCUT2D eigenvalue weighted by Gasteiger charge is 2.37. The Balaban J connectivity index is 1.35. The molecule has 3 aliphatic heterocycles. The van der Waals surface area contributed by atoms with Crippen LogP contribution in [0, 0.1) is 5.92 Å². The first-order valence-electron chi connectivity index (χ1n) is 12.3. The summed E-state index contributed by atoms with van der Waals surface area (Å²) in [5, 5.41) is 3.32. The van der Waals surface area contributed by atoms with Crippen molar-refractivity contribution in [1.29, 1.82) is 0 Å². The molecule has 3 aliphatic rings. The third-order valence-corrected chi connectivity index (χ3v) is 7.54. The molecule has 1 aromatic heterocycles. The number of ether oxygens (including phenoxy) is 1. The number of para-hydroxylation sites is 1.